The molecule has 2 aliphatic carbocycles. The molecule has 0 aromatic rings. The number of hydrogen-bond acceptors (Lipinski definition) is 3. The summed E-state index contributed by atoms with van der Waals surface area (Å²) in [6.45, 7) is 0. The third kappa shape index (κ3) is 2.04. The van der Waals surface area contributed by atoms with Crippen LogP contribution >= 0.6 is 11.8 Å². The van der Waals surface area contributed by atoms with Gasteiger partial charge in [0.05, 0.1) is 6.04 Å². The predicted molar refractivity (Wildman–Crippen MR) is 62.2 cm³/mol. The number of halogens is 3. The van der Waals surface area contributed by atoms with E-state index in [9.17, 15) is 13.2 Å². The highest BCUT2D eigenvalue weighted by Crippen LogP contribution is 2.49. The molecule has 2 nitrogen and oxygen atoms in total. The molecule has 0 aromatic carbocycles. The van der Waals surface area contributed by atoms with E-state index in [1.54, 1.807) is 0 Å². The van der Waals surface area contributed by atoms with Crippen LogP contribution in [0.1, 0.15) is 32.1 Å². The van der Waals surface area contributed by atoms with Crippen molar-refractivity contribution in [2.24, 2.45) is 10.9 Å². The van der Waals surface area contributed by atoms with E-state index in [4.69, 9.17) is 0 Å². The number of aliphatic imine (C=N–C) groups is 1. The van der Waals surface area contributed by atoms with Crippen molar-refractivity contribution < 1.29 is 13.2 Å². The van der Waals surface area contributed by atoms with E-state index >= 15 is 0 Å². The summed E-state index contributed by atoms with van der Waals surface area (Å²) in [7, 11) is 0. The van der Waals surface area contributed by atoms with Crippen LogP contribution in [0.3, 0.4) is 0 Å². The molecule has 6 heteroatoms. The number of nitrogens with one attached hydrogen (secondary N) is 1. The number of thioether (sulfide) groups is 1. The summed E-state index contributed by atoms with van der Waals surface area (Å²) in [5, 5.41) is 3.16. The third-order valence-corrected chi connectivity index (χ3v) is 5.05. The fraction of sp³-hybridized carbons (Fsp3) is 0.909. The van der Waals surface area contributed by atoms with E-state index in [0.717, 1.165) is 18.6 Å². The maximum absolute atomic E-state index is 12.8. The lowest BCUT2D eigenvalue weighted by Crippen LogP contribution is -2.48. The molecule has 3 rings (SSSR count). The van der Waals surface area contributed by atoms with Crippen molar-refractivity contribution in [2.45, 2.75) is 49.9 Å². The molecule has 0 spiro atoms. The maximum Gasteiger partial charge on any atom is 0.411 e. The Kier molecular flexibility index (Phi) is 2.61. The van der Waals surface area contributed by atoms with Crippen LogP contribution in [0.15, 0.2) is 4.99 Å². The Hall–Kier alpha value is -0.390. The Morgan fingerprint density at radius 2 is 2.06 bits per heavy atom. The largest absolute Gasteiger partial charge is 0.411 e. The molecule has 3 aliphatic rings. The number of alkyl halides is 3. The highest BCUT2D eigenvalue weighted by atomic mass is 32.2. The lowest BCUT2D eigenvalue weighted by molar-refractivity contribution is -0.161. The number of nitrogens with zero attached hydrogens (tertiary/aromatic N) is 1. The molecule has 1 N–H and O–H groups in total. The van der Waals surface area contributed by atoms with Gasteiger partial charge < -0.3 is 5.32 Å². The Morgan fingerprint density at radius 3 is 2.71 bits per heavy atom. The number of hydrogen-bond donors (Lipinski definition) is 1. The molecule has 17 heavy (non-hydrogen) atoms. The maximum atomic E-state index is 12.8. The Labute approximate surface area is 102 Å². The van der Waals surface area contributed by atoms with Crippen molar-refractivity contribution in [3.05, 3.63) is 0 Å². The minimum absolute atomic E-state index is 0.185. The molecule has 1 heterocycles. The molecule has 2 atom stereocenters. The lowest BCUT2D eigenvalue weighted by Gasteiger charge is -2.28. The summed E-state index contributed by atoms with van der Waals surface area (Å²) >= 11 is 1.46. The quantitative estimate of drug-likeness (QED) is 0.787. The van der Waals surface area contributed by atoms with Gasteiger partial charge in [-0.05, 0) is 31.6 Å². The topological polar surface area (TPSA) is 24.4 Å². The van der Waals surface area contributed by atoms with Crippen LogP contribution in [0.5, 0.6) is 0 Å². The van der Waals surface area contributed by atoms with Gasteiger partial charge in [0, 0.05) is 5.75 Å². The molecule has 0 amide bonds. The van der Waals surface area contributed by atoms with Crippen molar-refractivity contribution >= 4 is 16.9 Å². The van der Waals surface area contributed by atoms with Gasteiger partial charge in [0.25, 0.3) is 0 Å². The highest BCUT2D eigenvalue weighted by molar-refractivity contribution is 8.13. The minimum atomic E-state index is -4.15. The number of amidine groups is 1. The first-order valence-electron chi connectivity index (χ1n) is 6.06. The first-order valence-corrected chi connectivity index (χ1v) is 7.04. The van der Waals surface area contributed by atoms with Crippen molar-refractivity contribution in [3.63, 3.8) is 0 Å². The Balaban J connectivity index is 1.70. The van der Waals surface area contributed by atoms with Crippen molar-refractivity contribution in [1.29, 1.82) is 0 Å². The molecule has 0 bridgehead atoms. The van der Waals surface area contributed by atoms with Gasteiger partial charge >= 0.3 is 6.18 Å². The molecule has 0 saturated heterocycles. The van der Waals surface area contributed by atoms with Gasteiger partial charge in [0.15, 0.2) is 5.17 Å². The summed E-state index contributed by atoms with van der Waals surface area (Å²) in [4.78, 5) is 4.45. The summed E-state index contributed by atoms with van der Waals surface area (Å²) in [5.74, 6) is 1.51. The standard InChI is InChI=1S/C11H15F3N2S/c12-11(13,14)10(4-5-10)16-9-15-8-3-1-2-7(8)6-17-9/h7-8H,1-6H2,(H,15,16). The Morgan fingerprint density at radius 1 is 1.29 bits per heavy atom. The highest BCUT2D eigenvalue weighted by Gasteiger charge is 2.64. The van der Waals surface area contributed by atoms with Gasteiger partial charge in [-0.2, -0.15) is 13.2 Å². The molecule has 1 aliphatic heterocycles. The van der Waals surface area contributed by atoms with Crippen LogP contribution in [-0.4, -0.2) is 28.7 Å². The van der Waals surface area contributed by atoms with Crippen LogP contribution in [0, 0.1) is 5.92 Å². The molecule has 96 valence electrons. The monoisotopic (exact) mass is 264 g/mol. The number of rotatable bonds is 1. The first kappa shape index (κ1) is 11.7. The zero-order chi connectivity index (χ0) is 12.1. The fourth-order valence-electron chi connectivity index (χ4n) is 2.63. The molecule has 0 radical (unpaired) electrons. The summed E-state index contributed by atoms with van der Waals surface area (Å²) in [6.07, 6.45) is -0.400. The second-order valence-electron chi connectivity index (χ2n) is 5.21. The molecule has 2 saturated carbocycles. The zero-order valence-corrected chi connectivity index (χ0v) is 10.2. The molecule has 0 aromatic heterocycles. The van der Waals surface area contributed by atoms with Crippen LogP contribution in [0.25, 0.3) is 0 Å². The summed E-state index contributed by atoms with van der Waals surface area (Å²) in [5.41, 5.74) is -1.66. The minimum Gasteiger partial charge on any atom is -0.351 e. The van der Waals surface area contributed by atoms with Gasteiger partial charge in [-0.1, -0.05) is 18.2 Å². The molecular weight excluding hydrogens is 249 g/mol. The average molecular weight is 264 g/mol. The zero-order valence-electron chi connectivity index (χ0n) is 9.39. The predicted octanol–water partition coefficient (Wildman–Crippen LogP) is 2.94. The van der Waals surface area contributed by atoms with E-state index < -0.39 is 11.7 Å². The summed E-state index contributed by atoms with van der Waals surface area (Å²) in [6, 6.07) is 0.266. The second kappa shape index (κ2) is 3.80. The van der Waals surface area contributed by atoms with Crippen molar-refractivity contribution in [3.8, 4) is 0 Å². The number of fused-ring (bicyclic) bond motifs is 1. The van der Waals surface area contributed by atoms with Gasteiger partial charge in [0.1, 0.15) is 5.54 Å². The van der Waals surface area contributed by atoms with Gasteiger partial charge in [0.2, 0.25) is 0 Å². The molecular formula is C11H15F3N2S. The smallest absolute Gasteiger partial charge is 0.351 e. The van der Waals surface area contributed by atoms with Crippen LogP contribution < -0.4 is 5.32 Å². The normalized spacial score (nSPS) is 35.1. The van der Waals surface area contributed by atoms with E-state index in [0.29, 0.717) is 11.1 Å². The van der Waals surface area contributed by atoms with E-state index in [1.165, 1.54) is 18.2 Å². The van der Waals surface area contributed by atoms with Gasteiger partial charge in [-0.25, -0.2) is 0 Å². The van der Waals surface area contributed by atoms with E-state index in [1.807, 2.05) is 0 Å². The van der Waals surface area contributed by atoms with Crippen molar-refractivity contribution in [1.82, 2.24) is 5.32 Å². The third-order valence-electron chi connectivity index (χ3n) is 3.98. The average Bonchev–Trinajstić information content (AvgIpc) is 2.90. The second-order valence-corrected chi connectivity index (χ2v) is 6.22. The van der Waals surface area contributed by atoms with E-state index in [2.05, 4.69) is 10.3 Å². The van der Waals surface area contributed by atoms with Crippen LogP contribution in [-0.2, 0) is 0 Å². The van der Waals surface area contributed by atoms with Gasteiger partial charge in [-0.3, -0.25) is 4.99 Å². The van der Waals surface area contributed by atoms with Gasteiger partial charge in [-0.15, -0.1) is 0 Å². The molecule has 2 fully saturated rings. The summed E-state index contributed by atoms with van der Waals surface area (Å²) < 4.78 is 38.4. The van der Waals surface area contributed by atoms with Crippen LogP contribution in [0.2, 0.25) is 0 Å². The van der Waals surface area contributed by atoms with Crippen LogP contribution in [0.4, 0.5) is 13.2 Å². The Bertz CT molecular complexity index is 349. The molecule has 2 unspecified atom stereocenters. The first-order chi connectivity index (χ1) is 8.00. The lowest BCUT2D eigenvalue weighted by atomic mass is 10.1. The SMILES string of the molecule is FC(F)(F)C1(NC2=NC3CCCC3CS2)CC1. The van der Waals surface area contributed by atoms with Crippen molar-refractivity contribution in [2.75, 3.05) is 5.75 Å². The fourth-order valence-corrected chi connectivity index (χ4v) is 3.87. The van der Waals surface area contributed by atoms with E-state index in [-0.39, 0.29) is 18.9 Å².